The van der Waals surface area contributed by atoms with Gasteiger partial charge in [-0.15, -0.1) is 0 Å². The van der Waals surface area contributed by atoms with Gasteiger partial charge in [0.1, 0.15) is 12.4 Å². The van der Waals surface area contributed by atoms with E-state index < -0.39 is 12.1 Å². The Morgan fingerprint density at radius 1 is 0.958 bits per heavy atom. The van der Waals surface area contributed by atoms with Crippen molar-refractivity contribution in [2.45, 2.75) is 13.5 Å². The molecule has 0 aliphatic heterocycles. The predicted molar refractivity (Wildman–Crippen MR) is 88.8 cm³/mol. The summed E-state index contributed by atoms with van der Waals surface area (Å²) in [5.41, 5.74) is 1.48. The van der Waals surface area contributed by atoms with E-state index in [0.29, 0.717) is 18.0 Å². The Labute approximate surface area is 140 Å². The van der Waals surface area contributed by atoms with E-state index in [1.807, 2.05) is 30.3 Å². The molecular weight excluding hydrogens is 310 g/mol. The molecule has 0 radical (unpaired) electrons. The minimum Gasteiger partial charge on any atom is -0.482 e. The van der Waals surface area contributed by atoms with Crippen LogP contribution in [0.5, 0.6) is 5.75 Å². The Hall–Kier alpha value is -3.02. The molecule has 1 amide bonds. The van der Waals surface area contributed by atoms with Gasteiger partial charge in [0.05, 0.1) is 6.61 Å². The first-order chi connectivity index (χ1) is 11.7. The highest BCUT2D eigenvalue weighted by atomic mass is 16.6. The van der Waals surface area contributed by atoms with Crippen molar-refractivity contribution in [1.82, 2.24) is 0 Å². The van der Waals surface area contributed by atoms with Crippen molar-refractivity contribution in [3.05, 3.63) is 60.2 Å². The highest BCUT2D eigenvalue weighted by Crippen LogP contribution is 2.16. The van der Waals surface area contributed by atoms with Gasteiger partial charge < -0.3 is 14.2 Å². The molecule has 1 N–H and O–H groups in total. The zero-order valence-electron chi connectivity index (χ0n) is 13.4. The number of esters is 1. The van der Waals surface area contributed by atoms with E-state index in [2.05, 4.69) is 5.32 Å². The molecule has 0 unspecified atom stereocenters. The van der Waals surface area contributed by atoms with E-state index in [1.165, 1.54) is 0 Å². The molecule has 0 fully saturated rings. The molecule has 0 atom stereocenters. The van der Waals surface area contributed by atoms with Crippen molar-refractivity contribution in [2.75, 3.05) is 18.5 Å². The highest BCUT2D eigenvalue weighted by molar-refractivity contribution is 5.84. The van der Waals surface area contributed by atoms with Crippen LogP contribution in [0, 0.1) is 0 Å². The van der Waals surface area contributed by atoms with Crippen molar-refractivity contribution < 1.29 is 23.8 Å². The summed E-state index contributed by atoms with van der Waals surface area (Å²) in [5, 5.41) is 2.62. The van der Waals surface area contributed by atoms with E-state index >= 15 is 0 Å². The van der Waals surface area contributed by atoms with Crippen LogP contribution < -0.4 is 10.1 Å². The minimum absolute atomic E-state index is 0.153. The van der Waals surface area contributed by atoms with Crippen LogP contribution in [0.3, 0.4) is 0 Å². The fourth-order valence-electron chi connectivity index (χ4n) is 1.86. The summed E-state index contributed by atoms with van der Waals surface area (Å²) < 4.78 is 15.2. The third kappa shape index (κ3) is 6.00. The fourth-order valence-corrected chi connectivity index (χ4v) is 1.86. The number of amides is 1. The van der Waals surface area contributed by atoms with Gasteiger partial charge >= 0.3 is 12.1 Å². The Morgan fingerprint density at radius 2 is 1.67 bits per heavy atom. The van der Waals surface area contributed by atoms with Crippen LogP contribution >= 0.6 is 0 Å². The number of benzene rings is 2. The molecule has 126 valence electrons. The molecule has 0 aliphatic rings. The molecular formula is C18H19NO5. The zero-order chi connectivity index (χ0) is 17.2. The van der Waals surface area contributed by atoms with Crippen LogP contribution in [-0.4, -0.2) is 25.3 Å². The first-order valence-corrected chi connectivity index (χ1v) is 7.53. The Morgan fingerprint density at radius 3 is 2.33 bits per heavy atom. The number of hydrogen-bond acceptors (Lipinski definition) is 5. The molecule has 0 aliphatic carbocycles. The number of hydrogen-bond donors (Lipinski definition) is 1. The second-order valence-electron chi connectivity index (χ2n) is 4.80. The van der Waals surface area contributed by atoms with Gasteiger partial charge in [0.25, 0.3) is 0 Å². The number of anilines is 1. The summed E-state index contributed by atoms with van der Waals surface area (Å²) >= 11 is 0. The summed E-state index contributed by atoms with van der Waals surface area (Å²) in [5.74, 6) is 0.0791. The lowest BCUT2D eigenvalue weighted by molar-refractivity contribution is -0.145. The molecule has 2 rings (SSSR count). The van der Waals surface area contributed by atoms with E-state index in [4.69, 9.17) is 14.2 Å². The van der Waals surface area contributed by atoms with Gasteiger partial charge in [-0.1, -0.05) is 30.3 Å². The Kier molecular flexibility index (Phi) is 6.64. The van der Waals surface area contributed by atoms with Crippen molar-refractivity contribution in [3.63, 3.8) is 0 Å². The quantitative estimate of drug-likeness (QED) is 0.788. The maximum atomic E-state index is 11.7. The molecule has 0 aromatic heterocycles. The van der Waals surface area contributed by atoms with E-state index in [0.717, 1.165) is 5.56 Å². The average molecular weight is 329 g/mol. The topological polar surface area (TPSA) is 73.9 Å². The smallest absolute Gasteiger partial charge is 0.411 e. The Bertz CT molecular complexity index is 655. The maximum absolute atomic E-state index is 11.7. The summed E-state index contributed by atoms with van der Waals surface area (Å²) in [4.78, 5) is 22.9. The second-order valence-corrected chi connectivity index (χ2v) is 4.80. The molecule has 0 saturated carbocycles. The van der Waals surface area contributed by atoms with Gasteiger partial charge in [0.15, 0.2) is 6.61 Å². The van der Waals surface area contributed by atoms with E-state index in [9.17, 15) is 9.59 Å². The lowest BCUT2D eigenvalue weighted by Crippen LogP contribution is -2.15. The van der Waals surface area contributed by atoms with Crippen LogP contribution in [-0.2, 0) is 20.9 Å². The van der Waals surface area contributed by atoms with Crippen molar-refractivity contribution in [2.24, 2.45) is 0 Å². The molecule has 0 bridgehead atoms. The van der Waals surface area contributed by atoms with Crippen LogP contribution in [0.25, 0.3) is 0 Å². The van der Waals surface area contributed by atoms with Gasteiger partial charge in [-0.25, -0.2) is 9.59 Å². The molecule has 2 aromatic rings. The maximum Gasteiger partial charge on any atom is 0.411 e. The third-order valence-electron chi connectivity index (χ3n) is 2.98. The van der Waals surface area contributed by atoms with Crippen LogP contribution in [0.1, 0.15) is 12.5 Å². The lowest BCUT2D eigenvalue weighted by Gasteiger charge is -2.09. The first kappa shape index (κ1) is 17.3. The molecule has 0 heterocycles. The highest BCUT2D eigenvalue weighted by Gasteiger charge is 2.05. The molecule has 6 heteroatoms. The van der Waals surface area contributed by atoms with Gasteiger partial charge in [-0.3, -0.25) is 5.32 Å². The van der Waals surface area contributed by atoms with Crippen LogP contribution in [0.4, 0.5) is 10.5 Å². The van der Waals surface area contributed by atoms with Gasteiger partial charge in [-0.2, -0.15) is 0 Å². The number of rotatable bonds is 7. The monoisotopic (exact) mass is 329 g/mol. The average Bonchev–Trinajstić information content (AvgIpc) is 2.60. The lowest BCUT2D eigenvalue weighted by atomic mass is 10.2. The predicted octanol–water partition coefficient (Wildman–Crippen LogP) is 3.38. The normalized spacial score (nSPS) is 9.88. The minimum atomic E-state index is -0.543. The second kappa shape index (κ2) is 9.19. The van der Waals surface area contributed by atoms with Crippen molar-refractivity contribution in [3.8, 4) is 5.75 Å². The summed E-state index contributed by atoms with van der Waals surface area (Å²) in [6.07, 6.45) is -0.543. The molecule has 24 heavy (non-hydrogen) atoms. The van der Waals surface area contributed by atoms with Crippen molar-refractivity contribution >= 4 is 17.7 Å². The largest absolute Gasteiger partial charge is 0.482 e. The van der Waals surface area contributed by atoms with Gasteiger partial charge in [-0.05, 0) is 36.8 Å². The number of carbonyl (C=O) groups excluding carboxylic acids is 2. The summed E-state index contributed by atoms with van der Waals surface area (Å²) in [7, 11) is 0. The van der Waals surface area contributed by atoms with E-state index in [-0.39, 0.29) is 13.2 Å². The molecule has 0 saturated heterocycles. The number of nitrogens with one attached hydrogen (secondary N) is 1. The third-order valence-corrected chi connectivity index (χ3v) is 2.98. The number of carbonyl (C=O) groups is 2. The van der Waals surface area contributed by atoms with Crippen LogP contribution in [0.2, 0.25) is 0 Å². The van der Waals surface area contributed by atoms with Gasteiger partial charge in [0, 0.05) is 5.69 Å². The first-order valence-electron chi connectivity index (χ1n) is 7.53. The molecule has 2 aromatic carbocycles. The summed E-state index contributed by atoms with van der Waals surface area (Å²) in [6, 6.07) is 16.0. The van der Waals surface area contributed by atoms with Crippen molar-refractivity contribution in [1.29, 1.82) is 0 Å². The standard InChI is InChI=1S/C18H19NO5/c1-2-22-17(20)13-23-16-10-8-15(9-11-16)19-18(21)24-12-14-6-4-3-5-7-14/h3-11H,2,12-13H2,1H3,(H,19,21). The SMILES string of the molecule is CCOC(=O)COc1ccc(NC(=O)OCc2ccccc2)cc1. The summed E-state index contributed by atoms with van der Waals surface area (Å²) in [6.45, 7) is 2.10. The zero-order valence-corrected chi connectivity index (χ0v) is 13.4. The van der Waals surface area contributed by atoms with E-state index in [1.54, 1.807) is 31.2 Å². The molecule has 6 nitrogen and oxygen atoms in total. The van der Waals surface area contributed by atoms with Crippen LogP contribution in [0.15, 0.2) is 54.6 Å². The Balaban J connectivity index is 1.76. The molecule has 0 spiro atoms. The number of ether oxygens (including phenoxy) is 3. The fraction of sp³-hybridized carbons (Fsp3) is 0.222. The van der Waals surface area contributed by atoms with Gasteiger partial charge in [0.2, 0.25) is 0 Å².